The van der Waals surface area contributed by atoms with Crippen molar-refractivity contribution in [3.05, 3.63) is 117 Å². The molecule has 2 aromatic heterocycles. The Hall–Kier alpha value is -4.74. The van der Waals surface area contributed by atoms with Gasteiger partial charge in [0.2, 0.25) is 0 Å². The van der Waals surface area contributed by atoms with Gasteiger partial charge in [0.15, 0.2) is 0 Å². The van der Waals surface area contributed by atoms with E-state index in [1.54, 1.807) is 54.7 Å². The molecule has 0 bridgehead atoms. The van der Waals surface area contributed by atoms with Crippen LogP contribution in [0.5, 0.6) is 0 Å². The number of hydrogen-bond acceptors (Lipinski definition) is 5. The lowest BCUT2D eigenvalue weighted by Gasteiger charge is -2.37. The van der Waals surface area contributed by atoms with Gasteiger partial charge in [-0.3, -0.25) is 0 Å². The molecule has 6 aromatic rings. The number of fused-ring (bicyclic) bond motifs is 2. The van der Waals surface area contributed by atoms with Crippen LogP contribution >= 0.6 is 23.2 Å². The third-order valence-corrected chi connectivity index (χ3v) is 10.7. The maximum absolute atomic E-state index is 14.6. The molecule has 0 saturated heterocycles. The van der Waals surface area contributed by atoms with E-state index < -0.39 is 34.8 Å². The first-order chi connectivity index (χ1) is 24.3. The molecule has 0 radical (unpaired) electrons. The quantitative estimate of drug-likeness (QED) is 0.108. The highest BCUT2D eigenvalue weighted by molar-refractivity contribution is 6.35. The Morgan fingerprint density at radius 3 is 1.51 bits per heavy atom. The average Bonchev–Trinajstić information content (AvgIpc) is 3.69. The first-order valence-corrected chi connectivity index (χ1v) is 17.1. The van der Waals surface area contributed by atoms with E-state index in [-0.39, 0.29) is 5.56 Å². The van der Waals surface area contributed by atoms with Gasteiger partial charge in [-0.05, 0) is 86.1 Å². The number of aromatic amines is 2. The summed E-state index contributed by atoms with van der Waals surface area (Å²) in [6.07, 6.45) is 7.00. The number of hydrogen-bond donors (Lipinski definition) is 5. The minimum Gasteiger partial charge on any atom is -0.478 e. The molecule has 5 N–H and O–H groups in total. The number of rotatable bonds is 6. The van der Waals surface area contributed by atoms with Gasteiger partial charge in [0.1, 0.15) is 11.6 Å². The fourth-order valence-corrected chi connectivity index (χ4v) is 7.41. The normalized spacial score (nSPS) is 15.8. The van der Waals surface area contributed by atoms with Gasteiger partial charge >= 0.3 is 11.9 Å². The Bertz CT molecular complexity index is 2360. The summed E-state index contributed by atoms with van der Waals surface area (Å²) in [5, 5.41) is 32.0. The monoisotopic (exact) mass is 732 g/mol. The van der Waals surface area contributed by atoms with Gasteiger partial charge in [0.25, 0.3) is 0 Å². The fourth-order valence-electron chi connectivity index (χ4n) is 6.87. The zero-order valence-electron chi connectivity index (χ0n) is 27.2. The highest BCUT2D eigenvalue weighted by Crippen LogP contribution is 2.45. The molecule has 0 amide bonds. The lowest BCUT2D eigenvalue weighted by atomic mass is 9.74. The molecule has 51 heavy (non-hydrogen) atoms. The van der Waals surface area contributed by atoms with Crippen LogP contribution in [-0.4, -0.2) is 44.3 Å². The Kier molecular flexibility index (Phi) is 8.91. The number of carbonyl (C=O) groups is 2. The number of carbonyl (C=O) groups excluding carboxylic acids is 1. The minimum absolute atomic E-state index is 0.133. The molecular weight excluding hydrogens is 701 g/mol. The predicted molar refractivity (Wildman–Crippen MR) is 191 cm³/mol. The van der Waals surface area contributed by atoms with Crippen LogP contribution in [0.25, 0.3) is 44.1 Å². The summed E-state index contributed by atoms with van der Waals surface area (Å²) in [6, 6.07) is 16.1. The Morgan fingerprint density at radius 2 is 1.14 bits per heavy atom. The smallest absolute Gasteiger partial charge is 0.340 e. The van der Waals surface area contributed by atoms with E-state index in [2.05, 4.69) is 9.97 Å². The van der Waals surface area contributed by atoms with Crippen molar-refractivity contribution in [2.45, 2.75) is 49.7 Å². The number of halogens is 4. The van der Waals surface area contributed by atoms with Crippen LogP contribution in [0.2, 0.25) is 10.0 Å². The summed E-state index contributed by atoms with van der Waals surface area (Å²) < 4.78 is 33.9. The molecule has 12 heteroatoms. The highest BCUT2D eigenvalue weighted by atomic mass is 35.5. The number of benzene rings is 4. The van der Waals surface area contributed by atoms with Crippen molar-refractivity contribution in [1.29, 1.82) is 0 Å². The molecule has 2 aliphatic carbocycles. The molecule has 8 rings (SSSR count). The Morgan fingerprint density at radius 1 is 0.706 bits per heavy atom. The van der Waals surface area contributed by atoms with Crippen LogP contribution in [0.4, 0.5) is 8.78 Å². The van der Waals surface area contributed by atoms with Crippen molar-refractivity contribution in [2.24, 2.45) is 0 Å². The number of carboxylic acid groups (broad SMARTS) is 1. The summed E-state index contributed by atoms with van der Waals surface area (Å²) in [6.45, 7) is 0. The summed E-state index contributed by atoms with van der Waals surface area (Å²) in [4.78, 5) is 29.1. The molecule has 2 heterocycles. The van der Waals surface area contributed by atoms with Crippen molar-refractivity contribution in [1.82, 2.24) is 9.97 Å². The third kappa shape index (κ3) is 6.16. The number of methoxy groups -OCH3 is 1. The third-order valence-electron chi connectivity index (χ3n) is 10.1. The summed E-state index contributed by atoms with van der Waals surface area (Å²) in [5.74, 6) is -2.45. The van der Waals surface area contributed by atoms with Gasteiger partial charge in [-0.2, -0.15) is 0 Å². The first-order valence-electron chi connectivity index (χ1n) is 16.3. The minimum atomic E-state index is -1.08. The van der Waals surface area contributed by atoms with Crippen LogP contribution in [-0.2, 0) is 15.9 Å². The number of carboxylic acids is 1. The van der Waals surface area contributed by atoms with Crippen LogP contribution in [0.3, 0.4) is 0 Å². The van der Waals surface area contributed by atoms with E-state index in [4.69, 9.17) is 27.9 Å². The van der Waals surface area contributed by atoms with E-state index in [1.807, 2.05) is 0 Å². The van der Waals surface area contributed by atoms with Crippen LogP contribution < -0.4 is 0 Å². The largest absolute Gasteiger partial charge is 0.478 e. The fraction of sp³-hybridized carbons (Fsp3) is 0.231. The molecule has 0 unspecified atom stereocenters. The van der Waals surface area contributed by atoms with Crippen molar-refractivity contribution in [2.75, 3.05) is 7.11 Å². The maximum Gasteiger partial charge on any atom is 0.340 e. The molecule has 262 valence electrons. The van der Waals surface area contributed by atoms with Gasteiger partial charge in [-0.25, -0.2) is 18.4 Å². The van der Waals surface area contributed by atoms with Crippen LogP contribution in [0.15, 0.2) is 73.1 Å². The standard InChI is InChI=1S/C20H17ClFNO3.C19H15ClFNO3/c1-26-19(24)14-10-23-18-9-16(21)12(8-13(14)18)11-3-4-15(17(22)7-11)20(25)5-2-6-20;20-15-8-17-12(13(9-22-17)18(23)24)7-11(15)10-2-3-14(16(21)6-10)19(25)4-1-5-19/h3-4,7-10,23,25H,2,5-6H2,1H3;2-3,6-9,22,25H,1,4-5H2,(H,23,24). The molecule has 2 aliphatic rings. The summed E-state index contributed by atoms with van der Waals surface area (Å²) >= 11 is 12.7. The van der Waals surface area contributed by atoms with Gasteiger partial charge in [-0.1, -0.05) is 47.5 Å². The second-order valence-electron chi connectivity index (χ2n) is 13.1. The molecular formula is C39H32Cl2F2N2O6. The number of nitrogens with one attached hydrogen (secondary N) is 2. The van der Waals surface area contributed by atoms with E-state index in [1.165, 1.54) is 25.4 Å². The van der Waals surface area contributed by atoms with E-state index in [0.717, 1.165) is 12.8 Å². The van der Waals surface area contributed by atoms with Gasteiger partial charge in [0.05, 0.1) is 39.5 Å². The van der Waals surface area contributed by atoms with Crippen molar-refractivity contribution < 1.29 is 38.4 Å². The number of esters is 1. The Balaban J connectivity index is 0.000000159. The predicted octanol–water partition coefficient (Wildman–Crippen LogP) is 9.48. The first kappa shape index (κ1) is 34.7. The average molecular weight is 734 g/mol. The van der Waals surface area contributed by atoms with Crippen molar-refractivity contribution in [3.63, 3.8) is 0 Å². The molecule has 0 atom stereocenters. The van der Waals surface area contributed by atoms with E-state index in [9.17, 15) is 33.7 Å². The summed E-state index contributed by atoms with van der Waals surface area (Å²) in [5.41, 5.74) is 2.57. The second kappa shape index (κ2) is 13.1. The number of H-pyrrole nitrogens is 2. The van der Waals surface area contributed by atoms with E-state index >= 15 is 0 Å². The zero-order chi connectivity index (χ0) is 36.2. The number of ether oxygens (including phenoxy) is 1. The Labute approximate surface area is 300 Å². The topological polar surface area (TPSA) is 136 Å². The highest BCUT2D eigenvalue weighted by Gasteiger charge is 2.39. The van der Waals surface area contributed by atoms with Crippen molar-refractivity contribution >= 4 is 56.9 Å². The molecule has 0 spiro atoms. The van der Waals surface area contributed by atoms with Gasteiger partial charge in [0, 0.05) is 56.5 Å². The molecule has 8 nitrogen and oxygen atoms in total. The molecule has 4 aromatic carbocycles. The maximum atomic E-state index is 14.6. The van der Waals surface area contributed by atoms with Crippen molar-refractivity contribution in [3.8, 4) is 22.3 Å². The van der Waals surface area contributed by atoms with Gasteiger partial charge < -0.3 is 30.0 Å². The second-order valence-corrected chi connectivity index (χ2v) is 13.9. The number of aliphatic hydroxyl groups is 2. The number of aromatic nitrogens is 2. The van der Waals surface area contributed by atoms with Crippen LogP contribution in [0, 0.1) is 11.6 Å². The summed E-state index contributed by atoms with van der Waals surface area (Å²) in [7, 11) is 1.32. The van der Waals surface area contributed by atoms with Crippen LogP contribution in [0.1, 0.15) is 70.4 Å². The molecule has 2 saturated carbocycles. The van der Waals surface area contributed by atoms with Gasteiger partial charge in [-0.15, -0.1) is 0 Å². The SMILES string of the molecule is COC(=O)c1c[nH]c2cc(Cl)c(-c3ccc(C4(O)CCC4)c(F)c3)cc12.O=C(O)c1c[nH]c2cc(Cl)c(-c3ccc(C4(O)CCC4)c(F)c3)cc12. The lowest BCUT2D eigenvalue weighted by molar-refractivity contribution is -0.0420. The zero-order valence-corrected chi connectivity index (χ0v) is 28.8. The lowest BCUT2D eigenvalue weighted by Crippen LogP contribution is -2.34. The number of aromatic carboxylic acids is 1. The van der Waals surface area contributed by atoms with E-state index in [0.29, 0.717) is 96.5 Å². The molecule has 0 aliphatic heterocycles. The molecule has 2 fully saturated rings.